The van der Waals surface area contributed by atoms with Crippen molar-refractivity contribution in [2.75, 3.05) is 7.05 Å². The van der Waals surface area contributed by atoms with E-state index in [2.05, 4.69) is 31.9 Å². The number of aliphatic hydroxyl groups excluding tert-OH is 1. The Bertz CT molecular complexity index is 2140. The third-order valence-electron chi connectivity index (χ3n) is 12.1. The number of alkyl carbamates (subject to hydrolysis) is 1. The van der Waals surface area contributed by atoms with Crippen LogP contribution in [0.15, 0.2) is 60.7 Å². The average molecular weight is 963 g/mol. The second-order valence-electron chi connectivity index (χ2n) is 18.9. The largest absolute Gasteiger partial charge is 0.458 e. The maximum Gasteiger partial charge on any atom is 0.408 e. The van der Waals surface area contributed by atoms with Crippen LogP contribution in [-0.4, -0.2) is 136 Å². The van der Waals surface area contributed by atoms with Crippen LogP contribution in [0.1, 0.15) is 92.7 Å². The van der Waals surface area contributed by atoms with Gasteiger partial charge in [0.1, 0.15) is 67.3 Å². The smallest absolute Gasteiger partial charge is 0.408 e. The number of rotatable bonds is 13. The van der Waals surface area contributed by atoms with E-state index in [0.717, 1.165) is 10.5 Å². The molecule has 20 heteroatoms. The number of hydrogen-bond donors (Lipinski definition) is 7. The number of hydrogen-bond acceptors (Lipinski definition) is 12. The molecular formula is C49H70N8O12. The highest BCUT2D eigenvalue weighted by Gasteiger charge is 2.46. The summed E-state index contributed by atoms with van der Waals surface area (Å²) in [5.74, 6) is -8.00. The molecule has 2 aromatic carbocycles. The molecule has 4 rings (SSSR count). The zero-order valence-corrected chi connectivity index (χ0v) is 41.1. The van der Waals surface area contributed by atoms with Gasteiger partial charge in [-0.25, -0.2) is 9.59 Å². The quantitative estimate of drug-likeness (QED) is 0.141. The molecule has 8 amide bonds. The van der Waals surface area contributed by atoms with Crippen LogP contribution in [0.5, 0.6) is 0 Å². The van der Waals surface area contributed by atoms with Gasteiger partial charge in [0.2, 0.25) is 41.4 Å². The average Bonchev–Trinajstić information content (AvgIpc) is 3.29. The number of aliphatic hydroxyl groups is 1. The van der Waals surface area contributed by atoms with E-state index < -0.39 is 126 Å². The van der Waals surface area contributed by atoms with E-state index in [1.165, 1.54) is 32.7 Å². The van der Waals surface area contributed by atoms with E-state index in [4.69, 9.17) is 9.47 Å². The molecule has 0 radical (unpaired) electrons. The van der Waals surface area contributed by atoms with Gasteiger partial charge < -0.3 is 56.3 Å². The highest BCUT2D eigenvalue weighted by molar-refractivity contribution is 5.98. The van der Waals surface area contributed by atoms with Crippen molar-refractivity contribution in [3.05, 3.63) is 71.8 Å². The topological polar surface area (TPSA) is 271 Å². The first-order valence-electron chi connectivity index (χ1n) is 23.5. The number of likely N-dealkylation sites (N-methyl/N-ethyl adjacent to an activating group) is 1. The second-order valence-corrected chi connectivity index (χ2v) is 18.9. The lowest BCUT2D eigenvalue weighted by atomic mass is 9.94. The number of carbonyl (C=O) groups is 9. The monoisotopic (exact) mass is 963 g/mol. The van der Waals surface area contributed by atoms with Gasteiger partial charge in [0.05, 0.1) is 0 Å². The van der Waals surface area contributed by atoms with Crippen molar-refractivity contribution >= 4 is 53.4 Å². The number of piperidine rings is 1. The normalized spacial score (nSPS) is 25.2. The summed E-state index contributed by atoms with van der Waals surface area (Å²) in [4.78, 5) is 128. The second kappa shape index (κ2) is 25.2. The Kier molecular flexibility index (Phi) is 20.1. The van der Waals surface area contributed by atoms with Crippen LogP contribution in [0.25, 0.3) is 0 Å². The van der Waals surface area contributed by atoms with E-state index in [-0.39, 0.29) is 38.2 Å². The van der Waals surface area contributed by atoms with Crippen LogP contribution in [0.4, 0.5) is 4.79 Å². The first-order chi connectivity index (χ1) is 32.5. The fourth-order valence-corrected chi connectivity index (χ4v) is 8.01. The Morgan fingerprint density at radius 1 is 0.710 bits per heavy atom. The van der Waals surface area contributed by atoms with Gasteiger partial charge in [-0.15, -0.1) is 0 Å². The van der Waals surface area contributed by atoms with Gasteiger partial charge in [-0.2, -0.15) is 0 Å². The molecule has 2 bridgehead atoms. The fourth-order valence-electron chi connectivity index (χ4n) is 8.01. The number of benzene rings is 2. The molecule has 2 heterocycles. The first-order valence-corrected chi connectivity index (χ1v) is 23.5. The Morgan fingerprint density at radius 2 is 1.28 bits per heavy atom. The van der Waals surface area contributed by atoms with Gasteiger partial charge in [-0.1, -0.05) is 102 Å². The number of cyclic esters (lactones) is 1. The van der Waals surface area contributed by atoms with Crippen molar-refractivity contribution < 1.29 is 57.7 Å². The number of nitrogens with one attached hydrogen (secondary N) is 6. The lowest BCUT2D eigenvalue weighted by Gasteiger charge is -2.43. The highest BCUT2D eigenvalue weighted by atomic mass is 16.6. The molecular weight excluding hydrogens is 893 g/mol. The molecule has 0 saturated carbocycles. The Balaban J connectivity index is 1.69. The van der Waals surface area contributed by atoms with E-state index in [1.54, 1.807) is 88.4 Å². The molecule has 20 nitrogen and oxygen atoms in total. The molecule has 7 N–H and O–H groups in total. The van der Waals surface area contributed by atoms with Crippen molar-refractivity contribution in [1.82, 2.24) is 41.7 Å². The zero-order chi connectivity index (χ0) is 51.3. The SMILES string of the molecule is CC(C)C[C@H]1C(=O)N(C)[C@@H](Cc2ccccc2)C(=O)N[C@@H](C(C)C)C(=O)O[C@H](C)[C@H](NC(=O)[C@H](C)NC(=O)C(C)NC(=O)OCc2ccccc2)C(=O)N[C@@H](C(C)C)C(=O)N[C@H]2CC[C@@H](O)N1C2=O. The standard InChI is InChI=1S/C49H70N8O12/c1-26(2)23-36-47(65)56(10)35(24-32-17-13-11-14-18-32)43(61)54-39(28(5)6)48(66)69-31(9)40(45(63)53-38(27(3)4)44(62)52-34-21-22-37(58)57(36)46(34)64)55-42(60)29(7)50-41(59)30(8)51-49(67)68-25-33-19-15-12-16-20-33/h11-20,26-31,34-40,58H,21-25H2,1-10H3,(H,50,59)(H,51,67)(H,52,62)(H,53,63)(H,54,61)(H,55,60)/t29-,30?,31+,34-,35-,36-,37+,38-,39-,40-/m0/s1. The minimum Gasteiger partial charge on any atom is -0.458 e. The summed E-state index contributed by atoms with van der Waals surface area (Å²) in [5, 5.41) is 26.8. The summed E-state index contributed by atoms with van der Waals surface area (Å²) in [5.41, 5.74) is 1.39. The Labute approximate surface area is 403 Å². The minimum atomic E-state index is -1.71. The highest BCUT2D eigenvalue weighted by Crippen LogP contribution is 2.26. The summed E-state index contributed by atoms with van der Waals surface area (Å²) in [6.07, 6.45) is -3.72. The van der Waals surface area contributed by atoms with Crippen LogP contribution < -0.4 is 31.9 Å². The summed E-state index contributed by atoms with van der Waals surface area (Å²) >= 11 is 0. The predicted octanol–water partition coefficient (Wildman–Crippen LogP) is 1.43. The van der Waals surface area contributed by atoms with Crippen molar-refractivity contribution in [3.8, 4) is 0 Å². The molecule has 2 saturated heterocycles. The van der Waals surface area contributed by atoms with Gasteiger partial charge in [0.25, 0.3) is 0 Å². The molecule has 0 spiro atoms. The van der Waals surface area contributed by atoms with Crippen LogP contribution in [0.2, 0.25) is 0 Å². The molecule has 69 heavy (non-hydrogen) atoms. The summed E-state index contributed by atoms with van der Waals surface area (Å²) < 4.78 is 11.0. The number of ether oxygens (including phenoxy) is 2. The van der Waals surface area contributed by atoms with Crippen LogP contribution >= 0.6 is 0 Å². The number of amides is 8. The van der Waals surface area contributed by atoms with Gasteiger partial charge in [-0.3, -0.25) is 33.6 Å². The number of nitrogens with zero attached hydrogens (tertiary/aromatic N) is 2. The number of fused-ring (bicyclic) bond motifs is 2. The molecule has 2 aromatic rings. The maximum atomic E-state index is 14.7. The predicted molar refractivity (Wildman–Crippen MR) is 252 cm³/mol. The Hall–Kier alpha value is -6.57. The zero-order valence-electron chi connectivity index (χ0n) is 41.1. The van der Waals surface area contributed by atoms with Crippen LogP contribution in [0.3, 0.4) is 0 Å². The van der Waals surface area contributed by atoms with Crippen molar-refractivity contribution in [3.63, 3.8) is 0 Å². The van der Waals surface area contributed by atoms with E-state index in [0.29, 0.717) is 5.56 Å². The van der Waals surface area contributed by atoms with E-state index >= 15 is 0 Å². The number of esters is 1. The van der Waals surface area contributed by atoms with Gasteiger partial charge in [-0.05, 0) is 68.9 Å². The lowest BCUT2D eigenvalue weighted by Crippen LogP contribution is -2.65. The van der Waals surface area contributed by atoms with E-state index in [9.17, 15) is 48.3 Å². The fraction of sp³-hybridized carbons (Fsp3) is 0.571. The van der Waals surface area contributed by atoms with Crippen LogP contribution in [0, 0.1) is 17.8 Å². The maximum absolute atomic E-state index is 14.7. The molecule has 378 valence electrons. The third-order valence-corrected chi connectivity index (χ3v) is 12.1. The minimum absolute atomic E-state index is 0.00660. The molecule has 10 atom stereocenters. The Morgan fingerprint density at radius 3 is 1.86 bits per heavy atom. The summed E-state index contributed by atoms with van der Waals surface area (Å²) in [6, 6.07) is 7.07. The molecule has 2 aliphatic heterocycles. The molecule has 0 aromatic heterocycles. The number of carbonyl (C=O) groups excluding carboxylic acids is 9. The van der Waals surface area contributed by atoms with Crippen molar-refractivity contribution in [2.45, 2.75) is 155 Å². The van der Waals surface area contributed by atoms with Gasteiger partial charge >= 0.3 is 12.1 Å². The van der Waals surface area contributed by atoms with E-state index in [1.807, 2.05) is 13.8 Å². The van der Waals surface area contributed by atoms with Crippen molar-refractivity contribution in [2.24, 2.45) is 17.8 Å². The molecule has 2 fully saturated rings. The molecule has 0 aliphatic carbocycles. The van der Waals surface area contributed by atoms with Crippen molar-refractivity contribution in [1.29, 1.82) is 0 Å². The molecule has 1 unspecified atom stereocenters. The molecule has 2 aliphatic rings. The van der Waals surface area contributed by atoms with Gasteiger partial charge in [0.15, 0.2) is 0 Å². The first kappa shape index (κ1) is 55.0. The van der Waals surface area contributed by atoms with Gasteiger partial charge in [0, 0.05) is 13.5 Å². The summed E-state index contributed by atoms with van der Waals surface area (Å²) in [6.45, 7) is 14.2. The lowest BCUT2D eigenvalue weighted by molar-refractivity contribution is -0.166. The third kappa shape index (κ3) is 15.2. The van der Waals surface area contributed by atoms with Crippen LogP contribution in [-0.2, 0) is 60.9 Å². The summed E-state index contributed by atoms with van der Waals surface area (Å²) in [7, 11) is 1.41.